The molecule has 1 aliphatic carbocycles. The van der Waals surface area contributed by atoms with Crippen molar-refractivity contribution in [3.63, 3.8) is 0 Å². The van der Waals surface area contributed by atoms with Crippen LogP contribution in [0, 0.1) is 11.8 Å². The molecule has 0 aliphatic heterocycles. The van der Waals surface area contributed by atoms with Gasteiger partial charge in [0, 0.05) is 18.2 Å². The Morgan fingerprint density at radius 2 is 2.16 bits per heavy atom. The summed E-state index contributed by atoms with van der Waals surface area (Å²) in [6.07, 6.45) is 4.28. The van der Waals surface area contributed by atoms with E-state index in [0.717, 1.165) is 19.3 Å². The highest BCUT2D eigenvalue weighted by Gasteiger charge is 2.29. The Balaban J connectivity index is 2.10. The van der Waals surface area contributed by atoms with Crippen molar-refractivity contribution in [2.45, 2.75) is 50.7 Å². The van der Waals surface area contributed by atoms with Crippen LogP contribution in [0.25, 0.3) is 0 Å². The topological polar surface area (TPSA) is 101 Å². The first-order valence-electron chi connectivity index (χ1n) is 6.68. The van der Waals surface area contributed by atoms with Gasteiger partial charge in [-0.15, -0.1) is 0 Å². The molecule has 108 valence electrons. The van der Waals surface area contributed by atoms with Crippen molar-refractivity contribution in [1.82, 2.24) is 14.9 Å². The van der Waals surface area contributed by atoms with Gasteiger partial charge >= 0.3 is 0 Å². The molecule has 0 amide bonds. The van der Waals surface area contributed by atoms with Crippen molar-refractivity contribution < 1.29 is 8.42 Å². The second-order valence-electron chi connectivity index (χ2n) is 5.51. The molecule has 0 spiro atoms. The number of hydrogen-bond donors (Lipinski definition) is 3. The molecule has 0 saturated heterocycles. The van der Waals surface area contributed by atoms with E-state index in [2.05, 4.69) is 28.8 Å². The first kappa shape index (κ1) is 14.5. The van der Waals surface area contributed by atoms with Gasteiger partial charge in [-0.25, -0.2) is 13.1 Å². The summed E-state index contributed by atoms with van der Waals surface area (Å²) in [7, 11) is -3.55. The van der Waals surface area contributed by atoms with Crippen molar-refractivity contribution in [3.05, 3.63) is 11.8 Å². The Kier molecular flexibility index (Phi) is 4.27. The summed E-state index contributed by atoms with van der Waals surface area (Å²) in [4.78, 5) is 0. The highest BCUT2D eigenvalue weighted by molar-refractivity contribution is 7.89. The Morgan fingerprint density at radius 3 is 2.79 bits per heavy atom. The van der Waals surface area contributed by atoms with Gasteiger partial charge in [0.2, 0.25) is 0 Å². The van der Waals surface area contributed by atoms with E-state index in [-0.39, 0.29) is 17.6 Å². The van der Waals surface area contributed by atoms with Gasteiger partial charge in [-0.05, 0) is 31.1 Å². The van der Waals surface area contributed by atoms with Crippen LogP contribution in [0.5, 0.6) is 0 Å². The van der Waals surface area contributed by atoms with Crippen molar-refractivity contribution in [1.29, 1.82) is 0 Å². The molecule has 1 aromatic heterocycles. The molecule has 19 heavy (non-hydrogen) atoms. The summed E-state index contributed by atoms with van der Waals surface area (Å²) in [5, 5.41) is 6.38. The molecule has 1 heterocycles. The number of H-pyrrole nitrogens is 1. The van der Waals surface area contributed by atoms with E-state index >= 15 is 0 Å². The summed E-state index contributed by atoms with van der Waals surface area (Å²) in [6.45, 7) is 4.55. The van der Waals surface area contributed by atoms with Crippen LogP contribution in [0.2, 0.25) is 0 Å². The van der Waals surface area contributed by atoms with E-state index in [9.17, 15) is 8.42 Å². The third-order valence-electron chi connectivity index (χ3n) is 4.09. The maximum atomic E-state index is 12.3. The molecular weight excluding hydrogens is 264 g/mol. The number of aromatic amines is 1. The molecule has 0 radical (unpaired) electrons. The van der Waals surface area contributed by atoms with Crippen molar-refractivity contribution in [2.24, 2.45) is 17.6 Å². The zero-order valence-corrected chi connectivity index (χ0v) is 12.2. The first-order chi connectivity index (χ1) is 8.94. The van der Waals surface area contributed by atoms with Crippen LogP contribution in [0.4, 0.5) is 0 Å². The Labute approximate surface area is 114 Å². The standard InChI is InChI=1S/C12H22N4O2S/c1-8-3-4-11(5-9(8)2)16-19(17,18)12-10(6-13)7-14-15-12/h7-9,11,16H,3-6,13H2,1-2H3,(H,14,15). The smallest absolute Gasteiger partial charge is 0.258 e. The van der Waals surface area contributed by atoms with Gasteiger partial charge in [0.15, 0.2) is 5.03 Å². The lowest BCUT2D eigenvalue weighted by atomic mass is 9.79. The molecule has 7 heteroatoms. The normalized spacial score (nSPS) is 28.5. The predicted molar refractivity (Wildman–Crippen MR) is 72.8 cm³/mol. The van der Waals surface area contributed by atoms with Crippen LogP contribution in [-0.2, 0) is 16.6 Å². The van der Waals surface area contributed by atoms with Gasteiger partial charge in [0.25, 0.3) is 10.0 Å². The average molecular weight is 286 g/mol. The van der Waals surface area contributed by atoms with E-state index in [4.69, 9.17) is 5.73 Å². The van der Waals surface area contributed by atoms with Gasteiger partial charge in [-0.1, -0.05) is 13.8 Å². The van der Waals surface area contributed by atoms with E-state index in [0.29, 0.717) is 17.4 Å². The molecule has 0 aromatic carbocycles. The number of rotatable bonds is 4. The summed E-state index contributed by atoms with van der Waals surface area (Å²) in [6, 6.07) is 0.00474. The second-order valence-corrected chi connectivity index (χ2v) is 7.17. The van der Waals surface area contributed by atoms with Crippen molar-refractivity contribution in [2.75, 3.05) is 0 Å². The van der Waals surface area contributed by atoms with Gasteiger partial charge in [-0.3, -0.25) is 5.10 Å². The van der Waals surface area contributed by atoms with Crippen LogP contribution in [0.3, 0.4) is 0 Å². The van der Waals surface area contributed by atoms with Crippen molar-refractivity contribution >= 4 is 10.0 Å². The van der Waals surface area contributed by atoms with Crippen LogP contribution in [0.15, 0.2) is 11.2 Å². The number of nitrogens with one attached hydrogen (secondary N) is 2. The molecule has 3 unspecified atom stereocenters. The van der Waals surface area contributed by atoms with Crippen LogP contribution in [0.1, 0.15) is 38.7 Å². The van der Waals surface area contributed by atoms with Gasteiger partial charge < -0.3 is 5.73 Å². The average Bonchev–Trinajstić information content (AvgIpc) is 2.82. The monoisotopic (exact) mass is 286 g/mol. The minimum Gasteiger partial charge on any atom is -0.326 e. The quantitative estimate of drug-likeness (QED) is 0.767. The number of aromatic nitrogens is 2. The summed E-state index contributed by atoms with van der Waals surface area (Å²) < 4.78 is 27.4. The molecular formula is C12H22N4O2S. The highest BCUT2D eigenvalue weighted by Crippen LogP contribution is 2.30. The van der Waals surface area contributed by atoms with Crippen molar-refractivity contribution in [3.8, 4) is 0 Å². The minimum atomic E-state index is -3.55. The molecule has 4 N–H and O–H groups in total. The third-order valence-corrected chi connectivity index (χ3v) is 5.62. The zero-order valence-electron chi connectivity index (χ0n) is 11.4. The fraction of sp³-hybridized carbons (Fsp3) is 0.750. The van der Waals surface area contributed by atoms with E-state index in [1.165, 1.54) is 6.20 Å². The maximum absolute atomic E-state index is 12.3. The van der Waals surface area contributed by atoms with Crippen LogP contribution >= 0.6 is 0 Å². The SMILES string of the molecule is CC1CCC(NS(=O)(=O)c2[nH]ncc2CN)CC1C. The number of hydrogen-bond acceptors (Lipinski definition) is 4. The zero-order chi connectivity index (χ0) is 14.0. The first-order valence-corrected chi connectivity index (χ1v) is 8.17. The van der Waals surface area contributed by atoms with E-state index in [1.54, 1.807) is 0 Å². The van der Waals surface area contributed by atoms with Gasteiger partial charge in [0.05, 0.1) is 6.20 Å². The van der Waals surface area contributed by atoms with E-state index in [1.807, 2.05) is 0 Å². The Hall–Kier alpha value is -0.920. The lowest BCUT2D eigenvalue weighted by molar-refractivity contribution is 0.241. The molecule has 2 rings (SSSR count). The number of nitrogens with two attached hydrogens (primary N) is 1. The van der Waals surface area contributed by atoms with Gasteiger partial charge in [0.1, 0.15) is 0 Å². The maximum Gasteiger partial charge on any atom is 0.258 e. The summed E-state index contributed by atoms with van der Waals surface area (Å²) in [5.41, 5.74) is 6.03. The summed E-state index contributed by atoms with van der Waals surface area (Å²) >= 11 is 0. The Bertz CT molecular complexity index is 526. The fourth-order valence-corrected chi connectivity index (χ4v) is 4.04. The Morgan fingerprint density at radius 1 is 1.42 bits per heavy atom. The largest absolute Gasteiger partial charge is 0.326 e. The van der Waals surface area contributed by atoms with E-state index < -0.39 is 10.0 Å². The molecule has 1 aromatic rings. The highest BCUT2D eigenvalue weighted by atomic mass is 32.2. The lowest BCUT2D eigenvalue weighted by Crippen LogP contribution is -2.40. The van der Waals surface area contributed by atoms with Crippen LogP contribution in [-0.4, -0.2) is 24.7 Å². The third kappa shape index (κ3) is 3.16. The summed E-state index contributed by atoms with van der Waals surface area (Å²) in [5.74, 6) is 1.20. The molecule has 3 atom stereocenters. The predicted octanol–water partition coefficient (Wildman–Crippen LogP) is 0.971. The fourth-order valence-electron chi connectivity index (χ4n) is 2.61. The number of sulfonamides is 1. The minimum absolute atomic E-state index is 0.00474. The second kappa shape index (κ2) is 5.60. The van der Waals surface area contributed by atoms with Crippen LogP contribution < -0.4 is 10.5 Å². The lowest BCUT2D eigenvalue weighted by Gasteiger charge is -2.32. The van der Waals surface area contributed by atoms with Gasteiger partial charge in [-0.2, -0.15) is 5.10 Å². The number of nitrogens with zero attached hydrogens (tertiary/aromatic N) is 1. The molecule has 1 saturated carbocycles. The molecule has 1 aliphatic rings. The molecule has 6 nitrogen and oxygen atoms in total. The molecule has 1 fully saturated rings. The molecule has 0 bridgehead atoms.